The molecule has 1 saturated heterocycles. The molecule has 3 rings (SSSR count). The Morgan fingerprint density at radius 3 is 2.95 bits per heavy atom. The maximum absolute atomic E-state index is 12.5. The number of piperidine rings is 1. The van der Waals surface area contributed by atoms with E-state index in [1.807, 2.05) is 0 Å². The van der Waals surface area contributed by atoms with Gasteiger partial charge in [-0.25, -0.2) is 0 Å². The topological polar surface area (TPSA) is 32.3 Å². The van der Waals surface area contributed by atoms with E-state index in [9.17, 15) is 4.79 Å². The molecule has 1 aliphatic heterocycles. The number of hydrogen-bond donors (Lipinski definition) is 1. The van der Waals surface area contributed by atoms with E-state index in [2.05, 4.69) is 41.4 Å². The minimum absolute atomic E-state index is 0.196. The van der Waals surface area contributed by atoms with Crippen molar-refractivity contribution < 1.29 is 4.79 Å². The first-order valence-corrected chi connectivity index (χ1v) is 8.89. The van der Waals surface area contributed by atoms with Gasteiger partial charge in [0.1, 0.15) is 0 Å². The highest BCUT2D eigenvalue weighted by Crippen LogP contribution is 2.29. The van der Waals surface area contributed by atoms with Crippen LogP contribution < -0.4 is 5.32 Å². The van der Waals surface area contributed by atoms with Crippen LogP contribution in [0.5, 0.6) is 0 Å². The van der Waals surface area contributed by atoms with Gasteiger partial charge in [0.05, 0.1) is 12.6 Å². The third kappa shape index (κ3) is 3.52. The fourth-order valence-electron chi connectivity index (χ4n) is 4.06. The normalized spacial score (nSPS) is 25.5. The van der Waals surface area contributed by atoms with Crippen LogP contribution in [0.2, 0.25) is 0 Å². The molecule has 3 heteroatoms. The van der Waals surface area contributed by atoms with Crippen LogP contribution in [0.3, 0.4) is 0 Å². The Morgan fingerprint density at radius 1 is 1.23 bits per heavy atom. The molecule has 2 unspecified atom stereocenters. The van der Waals surface area contributed by atoms with E-state index in [1.54, 1.807) is 0 Å². The smallest absolute Gasteiger partial charge is 0.234 e. The fraction of sp³-hybridized carbons (Fsp3) is 0.632. The van der Waals surface area contributed by atoms with Crippen molar-refractivity contribution in [1.29, 1.82) is 0 Å². The van der Waals surface area contributed by atoms with Crippen LogP contribution >= 0.6 is 0 Å². The predicted octanol–water partition coefficient (Wildman–Crippen LogP) is 3.44. The summed E-state index contributed by atoms with van der Waals surface area (Å²) < 4.78 is 0. The van der Waals surface area contributed by atoms with Gasteiger partial charge in [-0.3, -0.25) is 9.69 Å². The number of fused-ring (bicyclic) bond motifs is 1. The average Bonchev–Trinajstić information content (AvgIpc) is 2.55. The number of hydrogen-bond acceptors (Lipinski definition) is 2. The number of aryl methyl sites for hydroxylation is 1. The number of nitrogens with one attached hydrogen (secondary N) is 1. The molecule has 1 N–H and O–H groups in total. The summed E-state index contributed by atoms with van der Waals surface area (Å²) in [5.41, 5.74) is 2.73. The zero-order chi connectivity index (χ0) is 15.4. The van der Waals surface area contributed by atoms with Gasteiger partial charge in [0, 0.05) is 6.04 Å². The van der Waals surface area contributed by atoms with E-state index in [4.69, 9.17) is 0 Å². The van der Waals surface area contributed by atoms with Crippen LogP contribution in [0.1, 0.15) is 62.6 Å². The Labute approximate surface area is 134 Å². The molecule has 0 spiro atoms. The van der Waals surface area contributed by atoms with Crippen molar-refractivity contribution in [2.75, 3.05) is 13.1 Å². The summed E-state index contributed by atoms with van der Waals surface area (Å²) >= 11 is 0. The minimum atomic E-state index is 0.196. The summed E-state index contributed by atoms with van der Waals surface area (Å²) in [5, 5.41) is 3.29. The van der Waals surface area contributed by atoms with Crippen molar-refractivity contribution in [2.24, 2.45) is 0 Å². The molecular formula is C19H28N2O. The van der Waals surface area contributed by atoms with Gasteiger partial charge >= 0.3 is 0 Å². The van der Waals surface area contributed by atoms with Crippen LogP contribution in [-0.4, -0.2) is 29.9 Å². The van der Waals surface area contributed by atoms with Crippen LogP contribution in [0, 0.1) is 0 Å². The van der Waals surface area contributed by atoms with Crippen molar-refractivity contribution in [3.63, 3.8) is 0 Å². The van der Waals surface area contributed by atoms with Gasteiger partial charge in [0.15, 0.2) is 0 Å². The lowest BCUT2D eigenvalue weighted by Crippen LogP contribution is -2.46. The second-order valence-corrected chi connectivity index (χ2v) is 6.74. The highest BCUT2D eigenvalue weighted by molar-refractivity contribution is 5.78. The number of rotatable bonds is 4. The summed E-state index contributed by atoms with van der Waals surface area (Å²) in [4.78, 5) is 14.9. The minimum Gasteiger partial charge on any atom is -0.348 e. The van der Waals surface area contributed by atoms with Gasteiger partial charge in [-0.1, -0.05) is 37.6 Å². The molecule has 1 aromatic rings. The Bertz CT molecular complexity index is 514. The van der Waals surface area contributed by atoms with Gasteiger partial charge in [-0.05, 0) is 56.2 Å². The zero-order valence-electron chi connectivity index (χ0n) is 13.7. The molecule has 22 heavy (non-hydrogen) atoms. The molecule has 1 fully saturated rings. The predicted molar refractivity (Wildman–Crippen MR) is 89.8 cm³/mol. The molecule has 2 aliphatic rings. The van der Waals surface area contributed by atoms with Crippen molar-refractivity contribution >= 4 is 5.91 Å². The molecule has 2 atom stereocenters. The quantitative estimate of drug-likeness (QED) is 0.924. The van der Waals surface area contributed by atoms with E-state index >= 15 is 0 Å². The van der Waals surface area contributed by atoms with Gasteiger partial charge < -0.3 is 5.32 Å². The lowest BCUT2D eigenvalue weighted by molar-refractivity contribution is -0.124. The molecule has 0 aromatic heterocycles. The summed E-state index contributed by atoms with van der Waals surface area (Å²) in [6.07, 6.45) is 8.33. The molecule has 120 valence electrons. The Balaban J connectivity index is 1.60. The summed E-state index contributed by atoms with van der Waals surface area (Å²) in [6, 6.07) is 9.37. The van der Waals surface area contributed by atoms with Crippen LogP contribution in [-0.2, 0) is 11.2 Å². The molecule has 0 bridgehead atoms. The second-order valence-electron chi connectivity index (χ2n) is 6.74. The van der Waals surface area contributed by atoms with E-state index < -0.39 is 0 Å². The molecule has 1 aromatic carbocycles. The van der Waals surface area contributed by atoms with Crippen LogP contribution in [0.4, 0.5) is 0 Å². The van der Waals surface area contributed by atoms with Gasteiger partial charge in [-0.2, -0.15) is 0 Å². The maximum atomic E-state index is 12.5. The van der Waals surface area contributed by atoms with E-state index in [-0.39, 0.29) is 11.9 Å². The molecule has 1 aliphatic carbocycles. The Morgan fingerprint density at radius 2 is 2.09 bits per heavy atom. The van der Waals surface area contributed by atoms with Crippen molar-refractivity contribution in [1.82, 2.24) is 10.2 Å². The lowest BCUT2D eigenvalue weighted by Gasteiger charge is -2.35. The van der Waals surface area contributed by atoms with Crippen LogP contribution in [0.25, 0.3) is 0 Å². The molecule has 0 saturated carbocycles. The van der Waals surface area contributed by atoms with Crippen molar-refractivity contribution in [3.05, 3.63) is 35.4 Å². The molecule has 1 heterocycles. The summed E-state index contributed by atoms with van der Waals surface area (Å²) in [5.74, 6) is 0.196. The molecule has 0 radical (unpaired) electrons. The van der Waals surface area contributed by atoms with E-state index in [1.165, 1.54) is 36.8 Å². The molecular weight excluding hydrogens is 272 g/mol. The molecule has 3 nitrogen and oxygen atoms in total. The summed E-state index contributed by atoms with van der Waals surface area (Å²) in [7, 11) is 0. The number of amides is 1. The Kier molecular flexibility index (Phi) is 5.14. The number of benzene rings is 1. The van der Waals surface area contributed by atoms with E-state index in [0.717, 1.165) is 25.8 Å². The number of carbonyl (C=O) groups is 1. The van der Waals surface area contributed by atoms with Crippen molar-refractivity contribution in [3.8, 4) is 0 Å². The zero-order valence-corrected chi connectivity index (χ0v) is 13.7. The average molecular weight is 300 g/mol. The standard InChI is InChI=1S/C19H28N2O/c1-2-16-10-5-6-13-21(16)14-19(22)20-18-12-7-9-15-8-3-4-11-17(15)18/h3-4,8,11,16,18H,2,5-7,9-10,12-14H2,1H3,(H,20,22). The third-order valence-corrected chi connectivity index (χ3v) is 5.27. The lowest BCUT2D eigenvalue weighted by atomic mass is 9.88. The largest absolute Gasteiger partial charge is 0.348 e. The van der Waals surface area contributed by atoms with Gasteiger partial charge in [0.2, 0.25) is 5.91 Å². The Hall–Kier alpha value is -1.35. The van der Waals surface area contributed by atoms with Gasteiger partial charge in [0.25, 0.3) is 0 Å². The third-order valence-electron chi connectivity index (χ3n) is 5.27. The van der Waals surface area contributed by atoms with Crippen LogP contribution in [0.15, 0.2) is 24.3 Å². The van der Waals surface area contributed by atoms with Crippen molar-refractivity contribution in [2.45, 2.75) is 64.0 Å². The first-order valence-electron chi connectivity index (χ1n) is 8.89. The first kappa shape index (κ1) is 15.5. The summed E-state index contributed by atoms with van der Waals surface area (Å²) in [6.45, 7) is 3.88. The maximum Gasteiger partial charge on any atom is 0.234 e. The SMILES string of the molecule is CCC1CCCCN1CC(=O)NC1CCCc2ccccc21. The number of nitrogens with zero attached hydrogens (tertiary/aromatic N) is 1. The molecule has 1 amide bonds. The first-order chi connectivity index (χ1) is 10.8. The fourth-order valence-corrected chi connectivity index (χ4v) is 4.06. The highest BCUT2D eigenvalue weighted by Gasteiger charge is 2.25. The second kappa shape index (κ2) is 7.28. The monoisotopic (exact) mass is 300 g/mol. The van der Waals surface area contributed by atoms with Gasteiger partial charge in [-0.15, -0.1) is 0 Å². The van der Waals surface area contributed by atoms with E-state index in [0.29, 0.717) is 12.6 Å². The highest BCUT2D eigenvalue weighted by atomic mass is 16.2. The number of likely N-dealkylation sites (tertiary alicyclic amines) is 1. The number of carbonyl (C=O) groups excluding carboxylic acids is 1.